The first-order valence-corrected chi connectivity index (χ1v) is 5.27. The summed E-state index contributed by atoms with van der Waals surface area (Å²) < 4.78 is 5.47. The van der Waals surface area contributed by atoms with Crippen LogP contribution in [0.4, 0.5) is 0 Å². The second-order valence-corrected chi connectivity index (χ2v) is 5.31. The van der Waals surface area contributed by atoms with Gasteiger partial charge in [-0.05, 0) is 25.2 Å². The van der Waals surface area contributed by atoms with E-state index in [1.165, 1.54) is 0 Å². The molecule has 2 fully saturated rings. The van der Waals surface area contributed by atoms with Crippen LogP contribution in [-0.2, 0) is 9.53 Å². The Morgan fingerprint density at radius 3 is 2.36 bits per heavy atom. The Morgan fingerprint density at radius 2 is 2.07 bits per heavy atom. The smallest absolute Gasteiger partial charge is 0.310 e. The van der Waals surface area contributed by atoms with E-state index in [0.29, 0.717) is 0 Å². The highest BCUT2D eigenvalue weighted by atomic mass is 16.5. The number of carboxylic acids is 1. The molecule has 3 atom stereocenters. The van der Waals surface area contributed by atoms with Crippen LogP contribution in [0.5, 0.6) is 0 Å². The molecule has 3 nitrogen and oxygen atoms in total. The van der Waals surface area contributed by atoms with Crippen LogP contribution in [0.1, 0.15) is 33.6 Å². The van der Waals surface area contributed by atoms with Crippen molar-refractivity contribution in [1.82, 2.24) is 0 Å². The number of carboxylic acid groups (broad SMARTS) is 1. The van der Waals surface area contributed by atoms with Crippen molar-refractivity contribution in [3.8, 4) is 0 Å². The van der Waals surface area contributed by atoms with Gasteiger partial charge in [-0.1, -0.05) is 13.8 Å². The Balaban J connectivity index is 2.26. The molecule has 14 heavy (non-hydrogen) atoms. The van der Waals surface area contributed by atoms with Crippen molar-refractivity contribution in [2.45, 2.75) is 39.7 Å². The summed E-state index contributed by atoms with van der Waals surface area (Å²) >= 11 is 0. The fraction of sp³-hybridized carbons (Fsp3) is 0.909. The average molecular weight is 198 g/mol. The average Bonchev–Trinajstić information content (AvgIpc) is 2.44. The van der Waals surface area contributed by atoms with Gasteiger partial charge in [-0.3, -0.25) is 4.79 Å². The van der Waals surface area contributed by atoms with Crippen LogP contribution in [0.2, 0.25) is 0 Å². The zero-order valence-electron chi connectivity index (χ0n) is 9.04. The molecule has 2 rings (SSSR count). The maximum absolute atomic E-state index is 11.4. The van der Waals surface area contributed by atoms with Gasteiger partial charge in [-0.2, -0.15) is 0 Å². The highest BCUT2D eigenvalue weighted by Crippen LogP contribution is 2.69. The topological polar surface area (TPSA) is 46.5 Å². The first-order valence-electron chi connectivity index (χ1n) is 5.27. The van der Waals surface area contributed by atoms with Gasteiger partial charge in [0, 0.05) is 12.5 Å². The molecule has 0 radical (unpaired) electrons. The van der Waals surface area contributed by atoms with Gasteiger partial charge >= 0.3 is 5.97 Å². The first kappa shape index (κ1) is 9.97. The molecule has 0 aromatic heterocycles. The van der Waals surface area contributed by atoms with E-state index >= 15 is 0 Å². The minimum Gasteiger partial charge on any atom is -0.481 e. The Labute approximate surface area is 84.4 Å². The van der Waals surface area contributed by atoms with Gasteiger partial charge in [0.05, 0.1) is 11.5 Å². The molecule has 1 saturated heterocycles. The van der Waals surface area contributed by atoms with E-state index in [4.69, 9.17) is 4.74 Å². The summed E-state index contributed by atoms with van der Waals surface area (Å²) in [4.78, 5) is 11.4. The molecule has 1 heterocycles. The normalized spacial score (nSPS) is 45.1. The third-order valence-corrected chi connectivity index (χ3v) is 4.19. The Kier molecular flexibility index (Phi) is 1.94. The summed E-state index contributed by atoms with van der Waals surface area (Å²) in [5, 5.41) is 9.36. The minimum absolute atomic E-state index is 0.0501. The third kappa shape index (κ3) is 1.05. The van der Waals surface area contributed by atoms with Crippen molar-refractivity contribution >= 4 is 5.97 Å². The van der Waals surface area contributed by atoms with E-state index in [1.54, 1.807) is 0 Å². The third-order valence-electron chi connectivity index (χ3n) is 4.19. The Bertz CT molecular complexity index is 272. The summed E-state index contributed by atoms with van der Waals surface area (Å²) in [6, 6.07) is 0. The van der Waals surface area contributed by atoms with Crippen molar-refractivity contribution < 1.29 is 14.6 Å². The molecule has 1 aliphatic carbocycles. The molecule has 0 spiro atoms. The molecule has 2 aliphatic rings. The highest BCUT2D eigenvalue weighted by molar-refractivity contribution is 5.80. The molecule has 0 bridgehead atoms. The van der Waals surface area contributed by atoms with Crippen molar-refractivity contribution in [2.75, 3.05) is 6.61 Å². The monoisotopic (exact) mass is 198 g/mol. The molecule has 1 aliphatic heterocycles. The lowest BCUT2D eigenvalue weighted by Crippen LogP contribution is -2.33. The molecule has 0 amide bonds. The van der Waals surface area contributed by atoms with E-state index in [1.807, 2.05) is 20.8 Å². The number of rotatable bonds is 2. The van der Waals surface area contributed by atoms with Crippen LogP contribution < -0.4 is 0 Å². The van der Waals surface area contributed by atoms with Crippen molar-refractivity contribution in [2.24, 2.45) is 16.7 Å². The predicted molar refractivity (Wildman–Crippen MR) is 52.0 cm³/mol. The minimum atomic E-state index is -0.634. The van der Waals surface area contributed by atoms with Gasteiger partial charge < -0.3 is 9.84 Å². The van der Waals surface area contributed by atoms with Crippen LogP contribution in [0.25, 0.3) is 0 Å². The molecular weight excluding hydrogens is 180 g/mol. The molecule has 1 N–H and O–H groups in total. The zero-order valence-corrected chi connectivity index (χ0v) is 9.04. The maximum atomic E-state index is 11.4. The molecule has 1 saturated carbocycles. The highest BCUT2D eigenvalue weighted by Gasteiger charge is 2.71. The standard InChI is InChI=1S/C11H18O3/c1-7-8(4-5-14-7)11(9(12)13)6-10(11,2)3/h7-8H,4-6H2,1-3H3,(H,12,13). The van der Waals surface area contributed by atoms with Crippen LogP contribution in [-0.4, -0.2) is 23.8 Å². The van der Waals surface area contributed by atoms with E-state index in [2.05, 4.69) is 0 Å². The lowest BCUT2D eigenvalue weighted by atomic mass is 9.79. The number of hydrogen-bond acceptors (Lipinski definition) is 2. The Hall–Kier alpha value is -0.570. The van der Waals surface area contributed by atoms with Crippen molar-refractivity contribution in [1.29, 1.82) is 0 Å². The van der Waals surface area contributed by atoms with Gasteiger partial charge in [0.25, 0.3) is 0 Å². The van der Waals surface area contributed by atoms with E-state index < -0.39 is 11.4 Å². The zero-order chi connectivity index (χ0) is 10.6. The van der Waals surface area contributed by atoms with E-state index in [9.17, 15) is 9.90 Å². The number of ether oxygens (including phenoxy) is 1. The summed E-state index contributed by atoms with van der Waals surface area (Å²) in [5.74, 6) is -0.431. The van der Waals surface area contributed by atoms with Crippen LogP contribution >= 0.6 is 0 Å². The number of hydrogen-bond donors (Lipinski definition) is 1. The van der Waals surface area contributed by atoms with Gasteiger partial charge in [-0.15, -0.1) is 0 Å². The number of carbonyl (C=O) groups is 1. The molecule has 80 valence electrons. The molecule has 3 unspecified atom stereocenters. The lowest BCUT2D eigenvalue weighted by Gasteiger charge is -2.25. The fourth-order valence-electron chi connectivity index (χ4n) is 3.19. The van der Waals surface area contributed by atoms with Crippen LogP contribution in [0.3, 0.4) is 0 Å². The molecule has 0 aromatic rings. The summed E-state index contributed by atoms with van der Waals surface area (Å²) in [5.41, 5.74) is -0.561. The number of aliphatic carboxylic acids is 1. The van der Waals surface area contributed by atoms with Crippen molar-refractivity contribution in [3.63, 3.8) is 0 Å². The first-order chi connectivity index (χ1) is 6.42. The summed E-state index contributed by atoms with van der Waals surface area (Å²) in [7, 11) is 0. The van der Waals surface area contributed by atoms with Crippen molar-refractivity contribution in [3.05, 3.63) is 0 Å². The quantitative estimate of drug-likeness (QED) is 0.737. The largest absolute Gasteiger partial charge is 0.481 e. The van der Waals surface area contributed by atoms with Gasteiger partial charge in [0.15, 0.2) is 0 Å². The summed E-state index contributed by atoms with van der Waals surface area (Å²) in [6.07, 6.45) is 1.80. The van der Waals surface area contributed by atoms with Crippen LogP contribution in [0.15, 0.2) is 0 Å². The Morgan fingerprint density at radius 1 is 1.50 bits per heavy atom. The summed E-state index contributed by atoms with van der Waals surface area (Å²) in [6.45, 7) is 6.81. The second kappa shape index (κ2) is 2.72. The fourth-order valence-corrected chi connectivity index (χ4v) is 3.19. The SMILES string of the molecule is CC1OCCC1C1(C(=O)O)CC1(C)C. The molecule has 0 aromatic carbocycles. The van der Waals surface area contributed by atoms with Gasteiger partial charge in [0.1, 0.15) is 0 Å². The second-order valence-electron chi connectivity index (χ2n) is 5.31. The molecule has 3 heteroatoms. The van der Waals surface area contributed by atoms with Gasteiger partial charge in [0.2, 0.25) is 0 Å². The van der Waals surface area contributed by atoms with Crippen LogP contribution in [0, 0.1) is 16.7 Å². The van der Waals surface area contributed by atoms with E-state index in [0.717, 1.165) is 19.4 Å². The predicted octanol–water partition coefficient (Wildman–Crippen LogP) is 1.91. The van der Waals surface area contributed by atoms with E-state index in [-0.39, 0.29) is 17.4 Å². The van der Waals surface area contributed by atoms with Gasteiger partial charge in [-0.25, -0.2) is 0 Å². The maximum Gasteiger partial charge on any atom is 0.310 e. The molecular formula is C11H18O3. The lowest BCUT2D eigenvalue weighted by molar-refractivity contribution is -0.148.